The Labute approximate surface area is 166 Å². The molecule has 0 fully saturated rings. The first kappa shape index (κ1) is 19.9. The maximum absolute atomic E-state index is 5.91. The summed E-state index contributed by atoms with van der Waals surface area (Å²) >= 11 is 0. The van der Waals surface area contributed by atoms with E-state index < -0.39 is 0 Å². The molecule has 0 aliphatic heterocycles. The minimum Gasteiger partial charge on any atom is -0.496 e. The molecular formula is C21H30N6O. The van der Waals surface area contributed by atoms with Crippen LogP contribution in [0.2, 0.25) is 0 Å². The first-order chi connectivity index (χ1) is 13.7. The second-order valence-corrected chi connectivity index (χ2v) is 6.92. The van der Waals surface area contributed by atoms with Gasteiger partial charge in [0.2, 0.25) is 5.95 Å². The standard InChI is InChI=1S/C21H30N6O/c1-4-5-6-10-24-20-19-17(25-21(22)26-20)9-11-27(19)14-16-8-7-15(13-23-2)12-18(16)28-3/h7-9,11-12,23H,4-6,10,13-14H2,1-3H3,(H3,22,24,25,26). The van der Waals surface area contributed by atoms with Gasteiger partial charge in [-0.15, -0.1) is 0 Å². The maximum Gasteiger partial charge on any atom is 0.222 e. The van der Waals surface area contributed by atoms with Crippen LogP contribution in [0.3, 0.4) is 0 Å². The third-order valence-corrected chi connectivity index (χ3v) is 4.77. The van der Waals surface area contributed by atoms with Crippen molar-refractivity contribution in [2.24, 2.45) is 0 Å². The van der Waals surface area contributed by atoms with Gasteiger partial charge < -0.3 is 25.7 Å². The molecule has 2 aromatic heterocycles. The Morgan fingerprint density at radius 3 is 2.79 bits per heavy atom. The van der Waals surface area contributed by atoms with E-state index in [1.807, 2.05) is 19.3 Å². The van der Waals surface area contributed by atoms with Gasteiger partial charge in [-0.1, -0.05) is 31.9 Å². The number of aromatic nitrogens is 3. The molecule has 0 aliphatic rings. The molecule has 0 amide bonds. The van der Waals surface area contributed by atoms with Crippen molar-refractivity contribution in [1.29, 1.82) is 0 Å². The van der Waals surface area contributed by atoms with Gasteiger partial charge in [-0.25, -0.2) is 4.98 Å². The van der Waals surface area contributed by atoms with Crippen LogP contribution in [0, 0.1) is 0 Å². The molecule has 7 nitrogen and oxygen atoms in total. The average molecular weight is 383 g/mol. The zero-order valence-corrected chi connectivity index (χ0v) is 17.0. The summed E-state index contributed by atoms with van der Waals surface area (Å²) < 4.78 is 7.77. The molecule has 1 aromatic carbocycles. The number of anilines is 2. The Morgan fingerprint density at radius 2 is 2.04 bits per heavy atom. The fourth-order valence-corrected chi connectivity index (χ4v) is 3.38. The van der Waals surface area contributed by atoms with E-state index in [1.165, 1.54) is 18.4 Å². The summed E-state index contributed by atoms with van der Waals surface area (Å²) in [5.74, 6) is 1.95. The van der Waals surface area contributed by atoms with Crippen LogP contribution in [0.4, 0.5) is 11.8 Å². The molecule has 150 valence electrons. The SMILES string of the molecule is CCCCCNc1nc(N)nc2ccn(Cc3ccc(CNC)cc3OC)c12. The third kappa shape index (κ3) is 4.54. The quantitative estimate of drug-likeness (QED) is 0.466. The second-order valence-electron chi connectivity index (χ2n) is 6.92. The summed E-state index contributed by atoms with van der Waals surface area (Å²) in [7, 11) is 3.65. The summed E-state index contributed by atoms with van der Waals surface area (Å²) in [5, 5.41) is 6.61. The van der Waals surface area contributed by atoms with Crippen molar-refractivity contribution in [1.82, 2.24) is 19.9 Å². The van der Waals surface area contributed by atoms with E-state index in [9.17, 15) is 0 Å². The van der Waals surface area contributed by atoms with Gasteiger partial charge in [0.1, 0.15) is 11.3 Å². The van der Waals surface area contributed by atoms with E-state index in [0.29, 0.717) is 6.54 Å². The van der Waals surface area contributed by atoms with Crippen LogP contribution in [0.25, 0.3) is 11.0 Å². The molecule has 2 heterocycles. The van der Waals surface area contributed by atoms with Crippen LogP contribution in [0.5, 0.6) is 5.75 Å². The van der Waals surface area contributed by atoms with Gasteiger partial charge in [0.25, 0.3) is 0 Å². The highest BCUT2D eigenvalue weighted by atomic mass is 16.5. The topological polar surface area (TPSA) is 90.0 Å². The summed E-state index contributed by atoms with van der Waals surface area (Å²) in [6.07, 6.45) is 5.50. The van der Waals surface area contributed by atoms with Crippen LogP contribution >= 0.6 is 0 Å². The molecule has 3 aromatic rings. The van der Waals surface area contributed by atoms with E-state index in [2.05, 4.69) is 50.3 Å². The van der Waals surface area contributed by atoms with Crippen molar-refractivity contribution in [3.05, 3.63) is 41.6 Å². The largest absolute Gasteiger partial charge is 0.496 e. The normalized spacial score (nSPS) is 11.1. The molecule has 7 heteroatoms. The molecule has 0 radical (unpaired) electrons. The lowest BCUT2D eigenvalue weighted by atomic mass is 10.1. The first-order valence-electron chi connectivity index (χ1n) is 9.82. The second kappa shape index (κ2) is 9.41. The van der Waals surface area contributed by atoms with Crippen molar-refractivity contribution in [3.63, 3.8) is 0 Å². The lowest BCUT2D eigenvalue weighted by molar-refractivity contribution is 0.408. The van der Waals surface area contributed by atoms with Gasteiger partial charge in [-0.05, 0) is 31.2 Å². The highest BCUT2D eigenvalue weighted by Gasteiger charge is 2.13. The lowest BCUT2D eigenvalue weighted by Gasteiger charge is -2.14. The number of rotatable bonds is 10. The van der Waals surface area contributed by atoms with Crippen molar-refractivity contribution in [3.8, 4) is 5.75 Å². The number of nitrogen functional groups attached to an aromatic ring is 1. The third-order valence-electron chi connectivity index (χ3n) is 4.77. The smallest absolute Gasteiger partial charge is 0.222 e. The summed E-state index contributed by atoms with van der Waals surface area (Å²) in [4.78, 5) is 8.84. The molecule has 0 unspecified atom stereocenters. The molecule has 3 rings (SSSR count). The zero-order chi connectivity index (χ0) is 19.9. The number of hydrogen-bond donors (Lipinski definition) is 3. The number of hydrogen-bond acceptors (Lipinski definition) is 6. The van der Waals surface area contributed by atoms with Crippen LogP contribution in [-0.4, -0.2) is 35.2 Å². The van der Waals surface area contributed by atoms with Gasteiger partial charge in [0, 0.05) is 24.8 Å². The van der Waals surface area contributed by atoms with Gasteiger partial charge in [0.15, 0.2) is 5.82 Å². The van der Waals surface area contributed by atoms with Gasteiger partial charge in [-0.3, -0.25) is 0 Å². The monoisotopic (exact) mass is 382 g/mol. The van der Waals surface area contributed by atoms with E-state index in [1.54, 1.807) is 7.11 Å². The molecule has 0 atom stereocenters. The number of nitrogens with zero attached hydrogens (tertiary/aromatic N) is 3. The Balaban J connectivity index is 1.91. The molecule has 0 saturated carbocycles. The molecule has 0 aliphatic carbocycles. The minimum atomic E-state index is 0.289. The van der Waals surface area contributed by atoms with E-state index in [-0.39, 0.29) is 5.95 Å². The molecular weight excluding hydrogens is 352 g/mol. The predicted molar refractivity (Wildman–Crippen MR) is 115 cm³/mol. The molecule has 0 bridgehead atoms. The number of benzene rings is 1. The van der Waals surface area contributed by atoms with Crippen LogP contribution in [-0.2, 0) is 13.1 Å². The number of fused-ring (bicyclic) bond motifs is 1. The zero-order valence-electron chi connectivity index (χ0n) is 17.0. The number of nitrogens with two attached hydrogens (primary N) is 1. The lowest BCUT2D eigenvalue weighted by Crippen LogP contribution is -2.10. The predicted octanol–water partition coefficient (Wildman–Crippen LogP) is 3.39. The Morgan fingerprint density at radius 1 is 1.18 bits per heavy atom. The van der Waals surface area contributed by atoms with Gasteiger partial charge in [0.05, 0.1) is 19.2 Å². The number of unbranched alkanes of at least 4 members (excludes halogenated alkanes) is 2. The number of ether oxygens (including phenoxy) is 1. The van der Waals surface area contributed by atoms with Gasteiger partial charge in [-0.2, -0.15) is 4.98 Å². The van der Waals surface area contributed by atoms with E-state index in [4.69, 9.17) is 10.5 Å². The fourth-order valence-electron chi connectivity index (χ4n) is 3.38. The Hall–Kier alpha value is -2.80. The van der Waals surface area contributed by atoms with E-state index in [0.717, 1.165) is 47.7 Å². The maximum atomic E-state index is 5.91. The number of nitrogens with one attached hydrogen (secondary N) is 2. The van der Waals surface area contributed by atoms with Crippen molar-refractivity contribution < 1.29 is 4.74 Å². The number of methoxy groups -OCH3 is 1. The summed E-state index contributed by atoms with van der Waals surface area (Å²) in [6.45, 7) is 4.54. The Kier molecular flexibility index (Phi) is 6.71. The van der Waals surface area contributed by atoms with Gasteiger partial charge >= 0.3 is 0 Å². The highest BCUT2D eigenvalue weighted by Crippen LogP contribution is 2.27. The van der Waals surface area contributed by atoms with Crippen LogP contribution < -0.4 is 21.1 Å². The first-order valence-corrected chi connectivity index (χ1v) is 9.82. The molecule has 4 N–H and O–H groups in total. The fraction of sp³-hybridized carbons (Fsp3) is 0.429. The average Bonchev–Trinajstić information content (AvgIpc) is 3.09. The molecule has 28 heavy (non-hydrogen) atoms. The van der Waals surface area contributed by atoms with E-state index >= 15 is 0 Å². The van der Waals surface area contributed by atoms with Crippen LogP contribution in [0.1, 0.15) is 37.3 Å². The Bertz CT molecular complexity index is 921. The molecule has 0 saturated heterocycles. The summed E-state index contributed by atoms with van der Waals surface area (Å²) in [5.41, 5.74) is 10.0. The van der Waals surface area contributed by atoms with Crippen molar-refractivity contribution in [2.45, 2.75) is 39.3 Å². The molecule has 0 spiro atoms. The van der Waals surface area contributed by atoms with Crippen LogP contribution in [0.15, 0.2) is 30.5 Å². The minimum absolute atomic E-state index is 0.289. The van der Waals surface area contributed by atoms with Crippen molar-refractivity contribution >= 4 is 22.8 Å². The highest BCUT2D eigenvalue weighted by molar-refractivity contribution is 5.87. The van der Waals surface area contributed by atoms with Crippen molar-refractivity contribution in [2.75, 3.05) is 31.8 Å². The summed E-state index contributed by atoms with van der Waals surface area (Å²) in [6, 6.07) is 8.30.